The van der Waals surface area contributed by atoms with E-state index >= 15 is 0 Å². The summed E-state index contributed by atoms with van der Waals surface area (Å²) in [7, 11) is 0. The first-order valence-corrected chi connectivity index (χ1v) is 6.35. The molecule has 0 spiro atoms. The van der Waals surface area contributed by atoms with Crippen molar-refractivity contribution in [1.29, 1.82) is 0 Å². The summed E-state index contributed by atoms with van der Waals surface area (Å²) < 4.78 is 26.4. The lowest BCUT2D eigenvalue weighted by Gasteiger charge is -2.10. The van der Waals surface area contributed by atoms with Crippen LogP contribution in [-0.4, -0.2) is 0 Å². The third-order valence-corrected chi connectivity index (χ3v) is 3.22. The van der Waals surface area contributed by atoms with Crippen LogP contribution in [0.4, 0.5) is 8.78 Å². The number of benzene rings is 3. The number of hydrogen-bond acceptors (Lipinski definition) is 0. The summed E-state index contributed by atoms with van der Waals surface area (Å²) in [4.78, 5) is 0. The van der Waals surface area contributed by atoms with Gasteiger partial charge in [0.1, 0.15) is 11.6 Å². The Hall–Kier alpha value is -2.48. The lowest BCUT2D eigenvalue weighted by molar-refractivity contribution is 0.628. The second kappa shape index (κ2) is 5.25. The molecule has 0 aliphatic carbocycles. The Morgan fingerprint density at radius 3 is 1.80 bits per heavy atom. The maximum atomic E-state index is 13.4. The molecule has 0 heterocycles. The van der Waals surface area contributed by atoms with E-state index < -0.39 is 0 Å². The summed E-state index contributed by atoms with van der Waals surface area (Å²) in [5, 5.41) is 0. The zero-order valence-corrected chi connectivity index (χ0v) is 10.7. The Balaban J connectivity index is 2.16. The summed E-state index contributed by atoms with van der Waals surface area (Å²) in [6, 6.07) is 20.5. The van der Waals surface area contributed by atoms with Gasteiger partial charge in [-0.2, -0.15) is 0 Å². The van der Waals surface area contributed by atoms with Crippen molar-refractivity contribution >= 4 is 0 Å². The van der Waals surface area contributed by atoms with E-state index in [1.54, 1.807) is 18.2 Å². The Morgan fingerprint density at radius 2 is 1.15 bits per heavy atom. The van der Waals surface area contributed by atoms with Crippen LogP contribution in [0.25, 0.3) is 22.3 Å². The minimum Gasteiger partial charge on any atom is -0.207 e. The highest BCUT2D eigenvalue weighted by molar-refractivity contribution is 5.83. The van der Waals surface area contributed by atoms with Crippen molar-refractivity contribution in [1.82, 2.24) is 0 Å². The first-order valence-electron chi connectivity index (χ1n) is 6.35. The zero-order chi connectivity index (χ0) is 13.9. The van der Waals surface area contributed by atoms with Crippen LogP contribution in [0, 0.1) is 11.6 Å². The van der Waals surface area contributed by atoms with Crippen molar-refractivity contribution in [3.63, 3.8) is 0 Å². The fourth-order valence-corrected chi connectivity index (χ4v) is 2.27. The minimum absolute atomic E-state index is 0.267. The van der Waals surface area contributed by atoms with Gasteiger partial charge in [0.15, 0.2) is 0 Å². The molecule has 0 unspecified atom stereocenters. The molecule has 2 heteroatoms. The molecule has 0 nitrogen and oxygen atoms in total. The SMILES string of the molecule is Fc1ccc(-c2ccccc2-c2cccc(F)c2)cc1. The fourth-order valence-electron chi connectivity index (χ4n) is 2.27. The fraction of sp³-hybridized carbons (Fsp3) is 0. The first kappa shape index (κ1) is 12.5. The van der Waals surface area contributed by atoms with E-state index in [9.17, 15) is 8.78 Å². The van der Waals surface area contributed by atoms with Crippen molar-refractivity contribution in [2.75, 3.05) is 0 Å². The van der Waals surface area contributed by atoms with Crippen LogP contribution in [-0.2, 0) is 0 Å². The summed E-state index contributed by atoms with van der Waals surface area (Å²) in [6.07, 6.45) is 0. The quantitative estimate of drug-likeness (QED) is 0.590. The molecule has 20 heavy (non-hydrogen) atoms. The zero-order valence-electron chi connectivity index (χ0n) is 10.7. The molecule has 3 aromatic carbocycles. The van der Waals surface area contributed by atoms with Gasteiger partial charge in [-0.15, -0.1) is 0 Å². The van der Waals surface area contributed by atoms with Crippen molar-refractivity contribution in [3.8, 4) is 22.3 Å². The standard InChI is InChI=1S/C18H12F2/c19-15-10-8-13(9-11-15)17-6-1-2-7-18(17)14-4-3-5-16(20)12-14/h1-12H. The highest BCUT2D eigenvalue weighted by atomic mass is 19.1. The first-order chi connectivity index (χ1) is 9.74. The molecule has 0 amide bonds. The summed E-state index contributed by atoms with van der Waals surface area (Å²) in [5.41, 5.74) is 3.60. The Bertz CT molecular complexity index is 730. The number of hydrogen-bond donors (Lipinski definition) is 0. The number of halogens is 2. The van der Waals surface area contributed by atoms with Crippen LogP contribution in [0.1, 0.15) is 0 Å². The average Bonchev–Trinajstić information content (AvgIpc) is 2.48. The van der Waals surface area contributed by atoms with E-state index in [0.29, 0.717) is 0 Å². The van der Waals surface area contributed by atoms with Crippen LogP contribution in [0.15, 0.2) is 72.8 Å². The average molecular weight is 266 g/mol. The highest BCUT2D eigenvalue weighted by Crippen LogP contribution is 2.32. The largest absolute Gasteiger partial charge is 0.207 e. The number of rotatable bonds is 2. The summed E-state index contributed by atoms with van der Waals surface area (Å²) in [6.45, 7) is 0. The summed E-state index contributed by atoms with van der Waals surface area (Å²) >= 11 is 0. The van der Waals surface area contributed by atoms with Crippen LogP contribution in [0.3, 0.4) is 0 Å². The van der Waals surface area contributed by atoms with Crippen LogP contribution in [0.5, 0.6) is 0 Å². The van der Waals surface area contributed by atoms with E-state index in [4.69, 9.17) is 0 Å². The van der Waals surface area contributed by atoms with E-state index in [1.165, 1.54) is 24.3 Å². The van der Waals surface area contributed by atoms with Crippen LogP contribution >= 0.6 is 0 Å². The third kappa shape index (κ3) is 2.45. The molecule has 0 aliphatic rings. The van der Waals surface area contributed by atoms with E-state index in [2.05, 4.69) is 0 Å². The van der Waals surface area contributed by atoms with E-state index in [1.807, 2.05) is 30.3 Å². The predicted octanol–water partition coefficient (Wildman–Crippen LogP) is 5.30. The molecule has 3 aromatic rings. The molecule has 0 aromatic heterocycles. The van der Waals surface area contributed by atoms with Gasteiger partial charge in [-0.3, -0.25) is 0 Å². The Labute approximate surface area is 116 Å². The Morgan fingerprint density at radius 1 is 0.500 bits per heavy atom. The molecule has 0 radical (unpaired) electrons. The molecular weight excluding hydrogens is 254 g/mol. The molecule has 3 rings (SSSR count). The van der Waals surface area contributed by atoms with Gasteiger partial charge in [-0.05, 0) is 46.5 Å². The molecule has 0 aliphatic heterocycles. The molecular formula is C18H12F2. The molecule has 0 saturated carbocycles. The van der Waals surface area contributed by atoms with Crippen molar-refractivity contribution in [3.05, 3.63) is 84.4 Å². The predicted molar refractivity (Wildman–Crippen MR) is 77.2 cm³/mol. The second-order valence-corrected chi connectivity index (χ2v) is 4.56. The van der Waals surface area contributed by atoms with E-state index in [0.717, 1.165) is 22.3 Å². The molecule has 0 saturated heterocycles. The van der Waals surface area contributed by atoms with Crippen molar-refractivity contribution < 1.29 is 8.78 Å². The Kier molecular flexibility index (Phi) is 3.30. The molecule has 0 atom stereocenters. The van der Waals surface area contributed by atoms with Crippen LogP contribution in [0.2, 0.25) is 0 Å². The van der Waals surface area contributed by atoms with Crippen molar-refractivity contribution in [2.24, 2.45) is 0 Å². The molecule has 0 N–H and O–H groups in total. The lowest BCUT2D eigenvalue weighted by Crippen LogP contribution is -1.86. The third-order valence-electron chi connectivity index (χ3n) is 3.22. The molecule has 0 bridgehead atoms. The smallest absolute Gasteiger partial charge is 0.123 e. The monoisotopic (exact) mass is 266 g/mol. The van der Waals surface area contributed by atoms with Gasteiger partial charge in [-0.25, -0.2) is 8.78 Å². The van der Waals surface area contributed by atoms with Gasteiger partial charge >= 0.3 is 0 Å². The minimum atomic E-state index is -0.267. The topological polar surface area (TPSA) is 0 Å². The maximum absolute atomic E-state index is 13.4. The molecule has 98 valence electrons. The van der Waals surface area contributed by atoms with Crippen molar-refractivity contribution in [2.45, 2.75) is 0 Å². The van der Waals surface area contributed by atoms with Gasteiger partial charge in [-0.1, -0.05) is 48.5 Å². The maximum Gasteiger partial charge on any atom is 0.123 e. The van der Waals surface area contributed by atoms with Gasteiger partial charge in [0.05, 0.1) is 0 Å². The lowest BCUT2D eigenvalue weighted by atomic mass is 9.95. The second-order valence-electron chi connectivity index (χ2n) is 4.56. The van der Waals surface area contributed by atoms with Crippen LogP contribution < -0.4 is 0 Å². The summed E-state index contributed by atoms with van der Waals surface area (Å²) in [5.74, 6) is -0.534. The van der Waals surface area contributed by atoms with Gasteiger partial charge in [0.2, 0.25) is 0 Å². The van der Waals surface area contributed by atoms with Gasteiger partial charge in [0, 0.05) is 0 Å². The molecule has 0 fully saturated rings. The highest BCUT2D eigenvalue weighted by Gasteiger charge is 2.07. The van der Waals surface area contributed by atoms with E-state index in [-0.39, 0.29) is 11.6 Å². The van der Waals surface area contributed by atoms with Gasteiger partial charge < -0.3 is 0 Å². The van der Waals surface area contributed by atoms with Gasteiger partial charge in [0.25, 0.3) is 0 Å². The normalized spacial score (nSPS) is 10.5.